The Morgan fingerprint density at radius 3 is 2.75 bits per heavy atom. The molecule has 40 heavy (non-hydrogen) atoms. The topological polar surface area (TPSA) is 125 Å². The Balaban J connectivity index is 1.32. The number of anilines is 3. The predicted molar refractivity (Wildman–Crippen MR) is 153 cm³/mol. The van der Waals surface area contributed by atoms with Gasteiger partial charge < -0.3 is 19.9 Å². The van der Waals surface area contributed by atoms with Gasteiger partial charge in [-0.25, -0.2) is 14.6 Å². The molecule has 0 bridgehead atoms. The Hall–Kier alpha value is -5.40. The van der Waals surface area contributed by atoms with Gasteiger partial charge in [-0.05, 0) is 60.5 Å². The number of aromatic carboxylic acids is 1. The van der Waals surface area contributed by atoms with E-state index in [9.17, 15) is 14.7 Å². The van der Waals surface area contributed by atoms with Crippen LogP contribution in [0.1, 0.15) is 20.8 Å². The van der Waals surface area contributed by atoms with Gasteiger partial charge in [0.2, 0.25) is 0 Å². The third-order valence-electron chi connectivity index (χ3n) is 5.91. The van der Waals surface area contributed by atoms with Gasteiger partial charge in [-0.2, -0.15) is 5.26 Å². The largest absolute Gasteiger partial charge is 0.497 e. The van der Waals surface area contributed by atoms with Crippen molar-refractivity contribution in [3.05, 3.63) is 107 Å². The Morgan fingerprint density at radius 2 is 1.95 bits per heavy atom. The highest BCUT2D eigenvalue weighted by molar-refractivity contribution is 7.21. The summed E-state index contributed by atoms with van der Waals surface area (Å²) in [6.45, 7) is 2.23. The number of aryl methyl sites for hydroxylation is 1. The van der Waals surface area contributed by atoms with Crippen molar-refractivity contribution in [3.63, 3.8) is 0 Å². The van der Waals surface area contributed by atoms with E-state index < -0.39 is 12.0 Å². The first-order valence-corrected chi connectivity index (χ1v) is 12.9. The summed E-state index contributed by atoms with van der Waals surface area (Å²) in [6, 6.07) is 16.1. The van der Waals surface area contributed by atoms with Crippen LogP contribution in [0.5, 0.6) is 11.5 Å². The minimum Gasteiger partial charge on any atom is -0.497 e. The molecule has 0 atom stereocenters. The van der Waals surface area contributed by atoms with E-state index in [2.05, 4.69) is 10.3 Å². The van der Waals surface area contributed by atoms with Gasteiger partial charge in [0.05, 0.1) is 34.8 Å². The number of pyridine rings is 1. The first-order chi connectivity index (χ1) is 19.5. The molecule has 0 unspecified atom stereocenters. The quantitative estimate of drug-likeness (QED) is 0.126. The number of rotatable bonds is 9. The second kappa shape index (κ2) is 11.6. The molecule has 2 N–H and O–H groups in total. The van der Waals surface area contributed by atoms with Gasteiger partial charge in [0, 0.05) is 12.3 Å². The number of urea groups is 1. The van der Waals surface area contributed by atoms with Crippen LogP contribution in [-0.2, 0) is 11.3 Å². The molecule has 2 amide bonds. The zero-order valence-corrected chi connectivity index (χ0v) is 22.0. The minimum absolute atomic E-state index is 0.0494. The van der Waals surface area contributed by atoms with Gasteiger partial charge in [0.15, 0.2) is 0 Å². The second-order valence-electron chi connectivity index (χ2n) is 8.60. The average molecular weight is 551 g/mol. The number of nitrogens with zero attached hydrogens (tertiary/aromatic N) is 3. The SMILES string of the molecule is Cc1cc(Oc2cccc(CO/C=C/C=C\C=C\C#N)c2)ccc1N1C(=O)Nc2c(C(=O)O)sc3nccc1c23. The van der Waals surface area contributed by atoms with Gasteiger partial charge in [-0.1, -0.05) is 30.4 Å². The number of carboxylic acids is 1. The molecule has 0 fully saturated rings. The van der Waals surface area contributed by atoms with Gasteiger partial charge in [-0.15, -0.1) is 11.3 Å². The molecule has 0 spiro atoms. The van der Waals surface area contributed by atoms with E-state index in [0.717, 1.165) is 22.5 Å². The smallest absolute Gasteiger partial charge is 0.348 e. The van der Waals surface area contributed by atoms with Crippen molar-refractivity contribution in [3.8, 4) is 17.6 Å². The molecule has 0 radical (unpaired) electrons. The van der Waals surface area contributed by atoms with Crippen molar-refractivity contribution in [2.24, 2.45) is 0 Å². The van der Waals surface area contributed by atoms with Crippen molar-refractivity contribution in [2.75, 3.05) is 10.2 Å². The molecular weight excluding hydrogens is 528 g/mol. The van der Waals surface area contributed by atoms with E-state index in [1.165, 1.54) is 11.0 Å². The number of carboxylic acid groups (broad SMARTS) is 1. The van der Waals surface area contributed by atoms with Crippen molar-refractivity contribution in [1.82, 2.24) is 4.98 Å². The number of aromatic nitrogens is 1. The fourth-order valence-corrected chi connectivity index (χ4v) is 5.18. The van der Waals surface area contributed by atoms with Crippen LogP contribution in [0.15, 0.2) is 91.4 Å². The maximum Gasteiger partial charge on any atom is 0.348 e. The Labute approximate surface area is 233 Å². The van der Waals surface area contributed by atoms with E-state index in [1.54, 1.807) is 55.0 Å². The lowest BCUT2D eigenvalue weighted by molar-refractivity contribution is 0.0703. The lowest BCUT2D eigenvalue weighted by atomic mass is 10.1. The summed E-state index contributed by atoms with van der Waals surface area (Å²) in [6.07, 6.45) is 11.4. The lowest BCUT2D eigenvalue weighted by Crippen LogP contribution is -2.34. The summed E-state index contributed by atoms with van der Waals surface area (Å²) in [7, 11) is 0. The van der Waals surface area contributed by atoms with Gasteiger partial charge in [-0.3, -0.25) is 4.90 Å². The van der Waals surface area contributed by atoms with E-state index in [4.69, 9.17) is 14.7 Å². The molecule has 198 valence electrons. The number of carbonyl (C=O) groups excluding carboxylic acids is 1. The van der Waals surface area contributed by atoms with Crippen LogP contribution in [-0.4, -0.2) is 22.1 Å². The van der Waals surface area contributed by atoms with Crippen molar-refractivity contribution < 1.29 is 24.2 Å². The third-order valence-corrected chi connectivity index (χ3v) is 7.00. The van der Waals surface area contributed by atoms with E-state index in [-0.39, 0.29) is 10.6 Å². The molecule has 9 nitrogen and oxygen atoms in total. The molecule has 0 aliphatic carbocycles. The monoisotopic (exact) mass is 550 g/mol. The van der Waals surface area contributed by atoms with Gasteiger partial charge in [0.25, 0.3) is 0 Å². The number of nitrogens with one attached hydrogen (secondary N) is 1. The van der Waals surface area contributed by atoms with E-state index in [0.29, 0.717) is 39.7 Å². The minimum atomic E-state index is -1.11. The van der Waals surface area contributed by atoms with Gasteiger partial charge >= 0.3 is 12.0 Å². The summed E-state index contributed by atoms with van der Waals surface area (Å²) in [5, 5.41) is 21.4. The first-order valence-electron chi connectivity index (χ1n) is 12.1. The fraction of sp³-hybridized carbons (Fsp3) is 0.0667. The predicted octanol–water partition coefficient (Wildman–Crippen LogP) is 7.45. The summed E-state index contributed by atoms with van der Waals surface area (Å²) in [5.74, 6) is 0.117. The summed E-state index contributed by atoms with van der Waals surface area (Å²) < 4.78 is 11.6. The molecule has 3 heterocycles. The number of nitriles is 1. The number of hydrogen-bond donors (Lipinski definition) is 2. The highest BCUT2D eigenvalue weighted by atomic mass is 32.1. The number of ether oxygens (including phenoxy) is 2. The molecule has 0 saturated heterocycles. The molecular formula is C30H22N4O5S. The second-order valence-corrected chi connectivity index (χ2v) is 9.60. The van der Waals surface area contributed by atoms with E-state index >= 15 is 0 Å². The van der Waals surface area contributed by atoms with Crippen molar-refractivity contribution >= 4 is 50.6 Å². The standard InChI is InChI=1S/C30H22N4O5S/c1-19-16-22(39-21-9-7-8-20(17-21)18-38-15-6-4-2-3-5-13-31)10-11-23(19)34-24-12-14-32-28-25(24)26(33-30(34)37)27(40-28)29(35)36/h2-12,14-17H,18H2,1H3,(H,33,37)(H,35,36)/b4-2-,5-3+,15-6+. The van der Waals surface area contributed by atoms with Crippen molar-refractivity contribution in [1.29, 1.82) is 5.26 Å². The van der Waals surface area contributed by atoms with E-state index in [1.807, 2.05) is 43.3 Å². The molecule has 5 rings (SSSR count). The number of carbonyl (C=O) groups is 2. The van der Waals surface area contributed by atoms with Gasteiger partial charge in [0.1, 0.15) is 27.8 Å². The van der Waals surface area contributed by atoms with Crippen LogP contribution in [0.4, 0.5) is 21.9 Å². The fourth-order valence-electron chi connectivity index (χ4n) is 4.22. The molecule has 10 heteroatoms. The number of thiophene rings is 1. The van der Waals surface area contributed by atoms with Crippen LogP contribution in [0, 0.1) is 18.3 Å². The normalized spacial score (nSPS) is 12.8. The number of benzene rings is 2. The first kappa shape index (κ1) is 26.2. The van der Waals surface area contributed by atoms with Crippen LogP contribution in [0.3, 0.4) is 0 Å². The average Bonchev–Trinajstić information content (AvgIpc) is 3.31. The molecule has 2 aromatic carbocycles. The molecule has 1 aliphatic heterocycles. The van der Waals surface area contributed by atoms with Crippen molar-refractivity contribution in [2.45, 2.75) is 13.5 Å². The van der Waals surface area contributed by atoms with Crippen LogP contribution in [0.25, 0.3) is 10.2 Å². The number of allylic oxidation sites excluding steroid dienone is 5. The van der Waals surface area contributed by atoms with Crippen LogP contribution < -0.4 is 15.0 Å². The van der Waals surface area contributed by atoms with Crippen LogP contribution >= 0.6 is 11.3 Å². The molecule has 2 aromatic heterocycles. The third kappa shape index (κ3) is 5.41. The number of amides is 2. The molecule has 1 aliphatic rings. The summed E-state index contributed by atoms with van der Waals surface area (Å²) >= 11 is 1.03. The Bertz CT molecular complexity index is 1750. The zero-order valence-electron chi connectivity index (χ0n) is 21.2. The zero-order chi connectivity index (χ0) is 28.1. The lowest BCUT2D eigenvalue weighted by Gasteiger charge is -2.29. The Morgan fingerprint density at radius 1 is 1.12 bits per heavy atom. The summed E-state index contributed by atoms with van der Waals surface area (Å²) in [5.41, 5.74) is 3.19. The highest BCUT2D eigenvalue weighted by Gasteiger charge is 2.33. The highest BCUT2D eigenvalue weighted by Crippen LogP contribution is 2.46. The molecule has 4 aromatic rings. The Kier molecular flexibility index (Phi) is 7.57. The summed E-state index contributed by atoms with van der Waals surface area (Å²) in [4.78, 5) is 31.3. The maximum absolute atomic E-state index is 13.2. The maximum atomic E-state index is 13.2. The van der Waals surface area contributed by atoms with Crippen LogP contribution in [0.2, 0.25) is 0 Å². The molecule has 0 saturated carbocycles. The number of hydrogen-bond acceptors (Lipinski definition) is 7.